The van der Waals surface area contributed by atoms with Crippen LogP contribution in [0.1, 0.15) is 30.1 Å². The molecule has 0 N–H and O–H groups in total. The van der Waals surface area contributed by atoms with E-state index in [1.807, 2.05) is 0 Å². The molecule has 0 amide bonds. The zero-order valence-electron chi connectivity index (χ0n) is 9.51. The van der Waals surface area contributed by atoms with Gasteiger partial charge in [-0.15, -0.1) is 0 Å². The third-order valence-corrected chi connectivity index (χ3v) is 2.44. The Balaban J connectivity index is 2.81. The first-order valence-corrected chi connectivity index (χ1v) is 5.32. The summed E-state index contributed by atoms with van der Waals surface area (Å²) >= 11 is 0. The lowest BCUT2D eigenvalue weighted by Crippen LogP contribution is -2.36. The lowest BCUT2D eigenvalue weighted by Gasteiger charge is -2.16. The van der Waals surface area contributed by atoms with Crippen molar-refractivity contribution < 1.29 is 19.5 Å². The van der Waals surface area contributed by atoms with E-state index in [2.05, 4.69) is 0 Å². The molecule has 0 spiro atoms. The van der Waals surface area contributed by atoms with Gasteiger partial charge in [-0.3, -0.25) is 4.79 Å². The number of carbonyl (C=O) groups excluding carboxylic acids is 3. The summed E-state index contributed by atoms with van der Waals surface area (Å²) in [5, 5.41) is 10.9. The number of carboxylic acids is 1. The molecule has 17 heavy (non-hydrogen) atoms. The topological polar surface area (TPSA) is 74.3 Å². The molecule has 1 aromatic carbocycles. The first-order chi connectivity index (χ1) is 8.02. The second-order valence-electron chi connectivity index (χ2n) is 3.84. The molecular formula is C13H13O4-. The molecule has 0 radical (unpaired) electrons. The molecule has 4 nitrogen and oxygen atoms in total. The smallest absolute Gasteiger partial charge is 0.171 e. The maximum atomic E-state index is 11.9. The highest BCUT2D eigenvalue weighted by molar-refractivity contribution is 6.07. The fourth-order valence-electron chi connectivity index (χ4n) is 1.51. The average Bonchev–Trinajstić information content (AvgIpc) is 2.29. The molecule has 4 heteroatoms. The van der Waals surface area contributed by atoms with Gasteiger partial charge in [0.05, 0.1) is 11.9 Å². The fraction of sp³-hybridized carbons (Fsp3) is 0.308. The minimum atomic E-state index is -1.43. The Hall–Kier alpha value is -1.97. The Morgan fingerprint density at radius 3 is 2.24 bits per heavy atom. The number of benzene rings is 1. The Bertz CT molecular complexity index is 422. The van der Waals surface area contributed by atoms with Gasteiger partial charge in [0.1, 0.15) is 5.78 Å². The molecule has 0 aliphatic rings. The molecule has 0 saturated heterocycles. The van der Waals surface area contributed by atoms with E-state index >= 15 is 0 Å². The van der Waals surface area contributed by atoms with Gasteiger partial charge in [-0.1, -0.05) is 30.3 Å². The maximum absolute atomic E-state index is 11.9. The van der Waals surface area contributed by atoms with Crippen LogP contribution in [0.3, 0.4) is 0 Å². The van der Waals surface area contributed by atoms with Crippen LogP contribution in [0, 0.1) is 5.92 Å². The fourth-order valence-corrected chi connectivity index (χ4v) is 1.51. The summed E-state index contributed by atoms with van der Waals surface area (Å²) in [5.41, 5.74) is 0.324. The Labute approximate surface area is 99.3 Å². The van der Waals surface area contributed by atoms with Crippen molar-refractivity contribution in [3.05, 3.63) is 35.9 Å². The van der Waals surface area contributed by atoms with Crippen molar-refractivity contribution in [3.8, 4) is 0 Å². The Kier molecular flexibility index (Phi) is 4.57. The molecule has 0 aliphatic carbocycles. The van der Waals surface area contributed by atoms with E-state index in [1.165, 1.54) is 6.92 Å². The molecule has 90 valence electrons. The largest absolute Gasteiger partial charge is 0.549 e. The zero-order valence-corrected chi connectivity index (χ0v) is 9.51. The number of hydrogen-bond acceptors (Lipinski definition) is 4. The van der Waals surface area contributed by atoms with Crippen LogP contribution in [0.2, 0.25) is 0 Å². The van der Waals surface area contributed by atoms with Gasteiger partial charge in [0.15, 0.2) is 5.78 Å². The summed E-state index contributed by atoms with van der Waals surface area (Å²) in [5.74, 6) is -3.33. The summed E-state index contributed by atoms with van der Waals surface area (Å²) in [6.45, 7) is 1.36. The first kappa shape index (κ1) is 13.1. The Morgan fingerprint density at radius 1 is 1.18 bits per heavy atom. The monoisotopic (exact) mass is 233 g/mol. The van der Waals surface area contributed by atoms with E-state index in [4.69, 9.17) is 0 Å². The van der Waals surface area contributed by atoms with Crippen LogP contribution < -0.4 is 5.11 Å². The first-order valence-electron chi connectivity index (χ1n) is 5.32. The summed E-state index contributed by atoms with van der Waals surface area (Å²) in [7, 11) is 0. The van der Waals surface area contributed by atoms with Gasteiger partial charge < -0.3 is 14.7 Å². The van der Waals surface area contributed by atoms with Crippen molar-refractivity contribution in [2.24, 2.45) is 5.92 Å². The van der Waals surface area contributed by atoms with E-state index in [9.17, 15) is 19.5 Å². The van der Waals surface area contributed by atoms with E-state index in [0.717, 1.165) is 0 Å². The van der Waals surface area contributed by atoms with Gasteiger partial charge >= 0.3 is 0 Å². The number of ketones is 2. The second-order valence-corrected chi connectivity index (χ2v) is 3.84. The quantitative estimate of drug-likeness (QED) is 0.532. The van der Waals surface area contributed by atoms with E-state index < -0.39 is 17.7 Å². The van der Waals surface area contributed by atoms with Gasteiger partial charge in [0.2, 0.25) is 0 Å². The zero-order chi connectivity index (χ0) is 12.8. The molecule has 1 rings (SSSR count). The van der Waals surface area contributed by atoms with Crippen molar-refractivity contribution in [3.63, 3.8) is 0 Å². The van der Waals surface area contributed by atoms with Crippen LogP contribution in [0.15, 0.2) is 30.3 Å². The Morgan fingerprint density at radius 2 is 1.76 bits per heavy atom. The summed E-state index contributed by atoms with van der Waals surface area (Å²) in [6.07, 6.45) is 0.0581. The van der Waals surface area contributed by atoms with E-state index in [0.29, 0.717) is 5.56 Å². The molecule has 0 saturated carbocycles. The molecule has 0 aliphatic heterocycles. The number of rotatable bonds is 6. The van der Waals surface area contributed by atoms with Gasteiger partial charge in [-0.2, -0.15) is 0 Å². The summed E-state index contributed by atoms with van der Waals surface area (Å²) in [4.78, 5) is 33.6. The van der Waals surface area contributed by atoms with Crippen LogP contribution in [0.4, 0.5) is 0 Å². The summed E-state index contributed by atoms with van der Waals surface area (Å²) < 4.78 is 0. The van der Waals surface area contributed by atoms with E-state index in [1.54, 1.807) is 30.3 Å². The van der Waals surface area contributed by atoms with Crippen molar-refractivity contribution in [2.75, 3.05) is 0 Å². The molecule has 0 bridgehead atoms. The number of carbonyl (C=O) groups is 3. The van der Waals surface area contributed by atoms with Crippen LogP contribution in [-0.4, -0.2) is 17.5 Å². The highest BCUT2D eigenvalue weighted by Crippen LogP contribution is 2.14. The number of aliphatic carboxylic acids is 1. The van der Waals surface area contributed by atoms with Crippen molar-refractivity contribution >= 4 is 17.5 Å². The third-order valence-electron chi connectivity index (χ3n) is 2.44. The van der Waals surface area contributed by atoms with Gasteiger partial charge in [-0.25, -0.2) is 0 Å². The normalized spacial score (nSPS) is 11.8. The van der Waals surface area contributed by atoms with Gasteiger partial charge in [-0.05, 0) is 13.3 Å². The minimum absolute atomic E-state index is 0.00854. The lowest BCUT2D eigenvalue weighted by molar-refractivity contribution is -0.309. The van der Waals surface area contributed by atoms with Crippen molar-refractivity contribution in [1.29, 1.82) is 0 Å². The number of carboxylic acid groups (broad SMARTS) is 1. The van der Waals surface area contributed by atoms with E-state index in [-0.39, 0.29) is 18.6 Å². The number of hydrogen-bond donors (Lipinski definition) is 0. The summed E-state index contributed by atoms with van der Waals surface area (Å²) in [6, 6.07) is 8.15. The maximum Gasteiger partial charge on any atom is 0.171 e. The second kappa shape index (κ2) is 5.94. The highest BCUT2D eigenvalue weighted by atomic mass is 16.4. The minimum Gasteiger partial charge on any atom is -0.549 e. The highest BCUT2D eigenvalue weighted by Gasteiger charge is 2.21. The molecule has 1 atom stereocenters. The van der Waals surface area contributed by atoms with Crippen LogP contribution in [-0.2, 0) is 9.59 Å². The lowest BCUT2D eigenvalue weighted by atomic mass is 9.93. The predicted octanol–water partition coefficient (Wildman–Crippen LogP) is 0.605. The third kappa shape index (κ3) is 3.83. The SMILES string of the molecule is CC(=O)CCC(C(=O)[O-])C(=O)c1ccccc1. The van der Waals surface area contributed by atoms with Gasteiger partial charge in [0.25, 0.3) is 0 Å². The number of Topliss-reactive ketones (excluding diaryl/α,β-unsaturated/α-hetero) is 2. The standard InChI is InChI=1S/C13H14O4/c1-9(14)7-8-11(13(16)17)12(15)10-5-3-2-4-6-10/h2-6,11H,7-8H2,1H3,(H,16,17)/p-1. The average molecular weight is 233 g/mol. The van der Waals surface area contributed by atoms with Crippen molar-refractivity contribution in [2.45, 2.75) is 19.8 Å². The van der Waals surface area contributed by atoms with Crippen LogP contribution >= 0.6 is 0 Å². The van der Waals surface area contributed by atoms with Gasteiger partial charge in [0, 0.05) is 12.0 Å². The molecule has 0 fully saturated rings. The molecule has 0 heterocycles. The molecular weight excluding hydrogens is 220 g/mol. The predicted molar refractivity (Wildman–Crippen MR) is 59.2 cm³/mol. The van der Waals surface area contributed by atoms with Crippen LogP contribution in [0.25, 0.3) is 0 Å². The van der Waals surface area contributed by atoms with Crippen molar-refractivity contribution in [1.82, 2.24) is 0 Å². The molecule has 1 aromatic rings. The molecule has 0 aromatic heterocycles. The molecule has 1 unspecified atom stereocenters. The van der Waals surface area contributed by atoms with Crippen LogP contribution in [0.5, 0.6) is 0 Å².